The molecule has 1 atom stereocenters. The third-order valence-electron chi connectivity index (χ3n) is 4.86. The van der Waals surface area contributed by atoms with Crippen LogP contribution in [0.1, 0.15) is 39.6 Å². The minimum atomic E-state index is -4.48. The van der Waals surface area contributed by atoms with Crippen LogP contribution in [-0.2, 0) is 6.18 Å². The van der Waals surface area contributed by atoms with Gasteiger partial charge in [-0.3, -0.25) is 4.79 Å². The lowest BCUT2D eigenvalue weighted by Crippen LogP contribution is -2.31. The van der Waals surface area contributed by atoms with Gasteiger partial charge in [-0.1, -0.05) is 0 Å². The number of fused-ring (bicyclic) bond motifs is 1. The molecule has 0 fully saturated rings. The molecular formula is C20H16F4N4OS. The van der Waals surface area contributed by atoms with Gasteiger partial charge in [0, 0.05) is 16.8 Å². The summed E-state index contributed by atoms with van der Waals surface area (Å²) in [4.78, 5) is 17.6. The van der Waals surface area contributed by atoms with E-state index in [1.807, 2.05) is 0 Å². The Balaban J connectivity index is 1.56. The Morgan fingerprint density at radius 3 is 2.73 bits per heavy atom. The number of nitrogens with one attached hydrogen (secondary N) is 1. The number of alkyl halides is 3. The molecule has 0 saturated carbocycles. The number of benzene rings is 1. The Labute approximate surface area is 173 Å². The van der Waals surface area contributed by atoms with Crippen LogP contribution in [-0.4, -0.2) is 26.4 Å². The van der Waals surface area contributed by atoms with Gasteiger partial charge in [0.15, 0.2) is 5.82 Å². The number of thioether (sulfide) groups is 1. The third kappa shape index (κ3) is 3.91. The van der Waals surface area contributed by atoms with Gasteiger partial charge in [-0.15, -0.1) is 11.8 Å². The highest BCUT2D eigenvalue weighted by Crippen LogP contribution is 2.36. The largest absolute Gasteiger partial charge is 0.417 e. The van der Waals surface area contributed by atoms with E-state index in [1.165, 1.54) is 29.1 Å². The van der Waals surface area contributed by atoms with Crippen LogP contribution in [0.5, 0.6) is 0 Å². The van der Waals surface area contributed by atoms with Gasteiger partial charge in [0.2, 0.25) is 0 Å². The zero-order valence-electron chi connectivity index (χ0n) is 15.7. The molecule has 30 heavy (non-hydrogen) atoms. The second-order valence-electron chi connectivity index (χ2n) is 6.80. The first-order chi connectivity index (χ1) is 14.2. The number of pyridine rings is 1. The summed E-state index contributed by atoms with van der Waals surface area (Å²) in [6.07, 6.45) is -1.76. The molecule has 1 aliphatic rings. The van der Waals surface area contributed by atoms with Crippen LogP contribution in [0, 0.1) is 12.7 Å². The highest BCUT2D eigenvalue weighted by molar-refractivity contribution is 7.99. The predicted octanol–water partition coefficient (Wildman–Crippen LogP) is 4.70. The average molecular weight is 436 g/mol. The summed E-state index contributed by atoms with van der Waals surface area (Å²) in [5, 5.41) is 7.01. The minimum absolute atomic E-state index is 0.168. The van der Waals surface area contributed by atoms with E-state index in [2.05, 4.69) is 15.4 Å². The molecule has 5 nitrogen and oxygen atoms in total. The molecule has 3 heterocycles. The Morgan fingerprint density at radius 1 is 1.23 bits per heavy atom. The molecule has 10 heteroatoms. The molecule has 0 spiro atoms. The number of hydrogen-bond donors (Lipinski definition) is 1. The van der Waals surface area contributed by atoms with E-state index in [0.29, 0.717) is 12.1 Å². The van der Waals surface area contributed by atoms with Gasteiger partial charge >= 0.3 is 6.18 Å². The lowest BCUT2D eigenvalue weighted by molar-refractivity contribution is -0.137. The molecule has 1 N–H and O–H groups in total. The van der Waals surface area contributed by atoms with Gasteiger partial charge < -0.3 is 5.32 Å². The van der Waals surface area contributed by atoms with Crippen LogP contribution in [0.4, 0.5) is 17.6 Å². The fourth-order valence-electron chi connectivity index (χ4n) is 3.29. The smallest absolute Gasteiger partial charge is 0.345 e. The van der Waals surface area contributed by atoms with Gasteiger partial charge in [-0.05, 0) is 49.2 Å². The summed E-state index contributed by atoms with van der Waals surface area (Å²) < 4.78 is 53.1. The van der Waals surface area contributed by atoms with E-state index in [4.69, 9.17) is 0 Å². The minimum Gasteiger partial charge on any atom is -0.345 e. The first kappa shape index (κ1) is 20.4. The number of amides is 1. The summed E-state index contributed by atoms with van der Waals surface area (Å²) in [7, 11) is 0. The van der Waals surface area contributed by atoms with Crippen LogP contribution in [0.2, 0.25) is 0 Å². The molecule has 0 radical (unpaired) electrons. The van der Waals surface area contributed by atoms with Gasteiger partial charge in [0.25, 0.3) is 5.91 Å². The van der Waals surface area contributed by atoms with Gasteiger partial charge in [-0.25, -0.2) is 14.1 Å². The van der Waals surface area contributed by atoms with Gasteiger partial charge in [0.05, 0.1) is 29.1 Å². The summed E-state index contributed by atoms with van der Waals surface area (Å²) in [5.74, 6) is 0.198. The monoisotopic (exact) mass is 436 g/mol. The van der Waals surface area contributed by atoms with E-state index in [1.54, 1.807) is 24.8 Å². The standard InChI is InChI=1S/C20H16F4N4OS/c1-11-15(10-26-28(11)18-5-2-12(9-25-18)20(22,23)24)19(29)27-16-6-7-30-17-4-3-13(21)8-14(16)17/h2-5,8-10,16H,6-7H2,1H3,(H,27,29). The first-order valence-electron chi connectivity index (χ1n) is 9.05. The maximum Gasteiger partial charge on any atom is 0.417 e. The van der Waals surface area contributed by atoms with Crippen molar-refractivity contribution in [3.05, 3.63) is 70.9 Å². The number of carbonyl (C=O) groups is 1. The normalized spacial score (nSPS) is 16.2. The summed E-state index contributed by atoms with van der Waals surface area (Å²) >= 11 is 1.61. The lowest BCUT2D eigenvalue weighted by Gasteiger charge is -2.26. The molecule has 156 valence electrons. The summed E-state index contributed by atoms with van der Waals surface area (Å²) in [6.45, 7) is 1.63. The number of hydrogen-bond acceptors (Lipinski definition) is 4. The van der Waals surface area contributed by atoms with E-state index < -0.39 is 17.6 Å². The number of aromatic nitrogens is 3. The molecule has 1 aromatic carbocycles. The first-order valence-corrected chi connectivity index (χ1v) is 10.0. The third-order valence-corrected chi connectivity index (χ3v) is 5.99. The Kier molecular flexibility index (Phi) is 5.27. The van der Waals surface area contributed by atoms with Gasteiger partial charge in [-0.2, -0.15) is 18.3 Å². The van der Waals surface area contributed by atoms with E-state index >= 15 is 0 Å². The fraction of sp³-hybridized carbons (Fsp3) is 0.250. The van der Waals surface area contributed by atoms with Crippen LogP contribution in [0.3, 0.4) is 0 Å². The van der Waals surface area contributed by atoms with Crippen molar-refractivity contribution < 1.29 is 22.4 Å². The van der Waals surface area contributed by atoms with E-state index in [0.717, 1.165) is 28.5 Å². The molecule has 1 aliphatic heterocycles. The Hall–Kier alpha value is -2.88. The van der Waals surface area contributed by atoms with Crippen molar-refractivity contribution in [1.82, 2.24) is 20.1 Å². The van der Waals surface area contributed by atoms with Crippen molar-refractivity contribution in [2.24, 2.45) is 0 Å². The number of rotatable bonds is 3. The highest BCUT2D eigenvalue weighted by Gasteiger charge is 2.31. The molecule has 0 bridgehead atoms. The van der Waals surface area contributed by atoms with Crippen LogP contribution < -0.4 is 5.32 Å². The van der Waals surface area contributed by atoms with E-state index in [9.17, 15) is 22.4 Å². The lowest BCUT2D eigenvalue weighted by atomic mass is 10.0. The van der Waals surface area contributed by atoms with Crippen molar-refractivity contribution in [2.45, 2.75) is 30.5 Å². The molecule has 3 aromatic rings. The maximum absolute atomic E-state index is 13.7. The second-order valence-corrected chi connectivity index (χ2v) is 7.94. The van der Waals surface area contributed by atoms with Crippen molar-refractivity contribution in [3.8, 4) is 5.82 Å². The molecule has 0 saturated heterocycles. The van der Waals surface area contributed by atoms with Gasteiger partial charge in [0.1, 0.15) is 5.82 Å². The Bertz CT molecular complexity index is 1100. The topological polar surface area (TPSA) is 59.8 Å². The molecule has 2 aromatic heterocycles. The molecular weight excluding hydrogens is 420 g/mol. The predicted molar refractivity (Wildman–Crippen MR) is 103 cm³/mol. The van der Waals surface area contributed by atoms with Crippen molar-refractivity contribution in [2.75, 3.05) is 5.75 Å². The molecule has 0 aliphatic carbocycles. The SMILES string of the molecule is Cc1c(C(=O)NC2CCSc3ccc(F)cc32)cnn1-c1ccc(C(F)(F)F)cn1. The Morgan fingerprint density at radius 2 is 2.03 bits per heavy atom. The maximum atomic E-state index is 13.7. The van der Waals surface area contributed by atoms with E-state index in [-0.39, 0.29) is 23.2 Å². The summed E-state index contributed by atoms with van der Waals surface area (Å²) in [5.41, 5.74) is 0.571. The molecule has 4 rings (SSSR count). The summed E-state index contributed by atoms with van der Waals surface area (Å²) in [6, 6.07) is 6.29. The quantitative estimate of drug-likeness (QED) is 0.605. The molecule has 1 unspecified atom stereocenters. The van der Waals surface area contributed by atoms with Crippen molar-refractivity contribution >= 4 is 17.7 Å². The number of halogens is 4. The van der Waals surface area contributed by atoms with Crippen molar-refractivity contribution in [1.29, 1.82) is 0 Å². The van der Waals surface area contributed by atoms with Crippen LogP contribution in [0.25, 0.3) is 5.82 Å². The average Bonchev–Trinajstić information content (AvgIpc) is 3.09. The van der Waals surface area contributed by atoms with Crippen LogP contribution >= 0.6 is 11.8 Å². The molecule has 1 amide bonds. The highest BCUT2D eigenvalue weighted by atomic mass is 32.2. The zero-order valence-corrected chi connectivity index (χ0v) is 16.5. The van der Waals surface area contributed by atoms with Crippen LogP contribution in [0.15, 0.2) is 47.6 Å². The number of nitrogens with zero attached hydrogens (tertiary/aromatic N) is 3. The van der Waals surface area contributed by atoms with Crippen molar-refractivity contribution in [3.63, 3.8) is 0 Å². The zero-order chi connectivity index (χ0) is 21.5. The fourth-order valence-corrected chi connectivity index (χ4v) is 4.40. The second kappa shape index (κ2) is 7.75. The number of carbonyl (C=O) groups excluding carboxylic acids is 1.